The second-order valence-electron chi connectivity index (χ2n) is 4.88. The van der Waals surface area contributed by atoms with Crippen LogP contribution in [0, 0.1) is 5.82 Å². The first kappa shape index (κ1) is 13.2. The van der Waals surface area contributed by atoms with Crippen molar-refractivity contribution in [2.45, 2.75) is 44.6 Å². The standard InChI is InChI=1S/C15H21FN2/c16-14-10-8-13(9-11-14)15(18-17)12-6-4-2-1-3-5-7-12/h6,8-11,15,18H,1-5,7,17H2/b12-6+. The Kier molecular flexibility index (Phi) is 4.90. The molecular formula is C15H21FN2. The van der Waals surface area contributed by atoms with E-state index in [4.69, 9.17) is 5.84 Å². The molecule has 3 N–H and O–H groups in total. The minimum atomic E-state index is -0.207. The van der Waals surface area contributed by atoms with Gasteiger partial charge in [-0.05, 0) is 43.4 Å². The molecule has 0 fully saturated rings. The van der Waals surface area contributed by atoms with E-state index >= 15 is 0 Å². The van der Waals surface area contributed by atoms with Crippen molar-refractivity contribution >= 4 is 0 Å². The van der Waals surface area contributed by atoms with Crippen LogP contribution in [-0.4, -0.2) is 0 Å². The van der Waals surface area contributed by atoms with Crippen molar-refractivity contribution in [2.24, 2.45) is 5.84 Å². The zero-order chi connectivity index (χ0) is 12.8. The SMILES string of the molecule is NNC(/C1=C/CCCCCC1)c1ccc(F)cc1. The summed E-state index contributed by atoms with van der Waals surface area (Å²) in [6, 6.07) is 6.61. The lowest BCUT2D eigenvalue weighted by molar-refractivity contribution is 0.553. The molecule has 0 radical (unpaired) electrons. The number of hydrogen-bond donors (Lipinski definition) is 2. The van der Waals surface area contributed by atoms with Crippen LogP contribution in [0.25, 0.3) is 0 Å². The number of benzene rings is 1. The van der Waals surface area contributed by atoms with Crippen LogP contribution in [0.5, 0.6) is 0 Å². The molecule has 0 saturated carbocycles. The molecule has 1 atom stereocenters. The molecule has 0 spiro atoms. The van der Waals surface area contributed by atoms with Gasteiger partial charge >= 0.3 is 0 Å². The van der Waals surface area contributed by atoms with Crippen LogP contribution in [0.4, 0.5) is 4.39 Å². The zero-order valence-corrected chi connectivity index (χ0v) is 10.7. The van der Waals surface area contributed by atoms with E-state index in [2.05, 4.69) is 11.5 Å². The van der Waals surface area contributed by atoms with E-state index in [-0.39, 0.29) is 11.9 Å². The number of hydrazine groups is 1. The third-order valence-electron chi connectivity index (χ3n) is 3.57. The molecule has 1 aliphatic rings. The van der Waals surface area contributed by atoms with Crippen molar-refractivity contribution in [2.75, 3.05) is 0 Å². The van der Waals surface area contributed by atoms with Gasteiger partial charge in [0.15, 0.2) is 0 Å². The summed E-state index contributed by atoms with van der Waals surface area (Å²) >= 11 is 0. The Hall–Kier alpha value is -1.19. The quantitative estimate of drug-likeness (QED) is 0.487. The molecule has 0 heterocycles. The first-order valence-corrected chi connectivity index (χ1v) is 6.72. The second kappa shape index (κ2) is 6.66. The fourth-order valence-electron chi connectivity index (χ4n) is 2.55. The largest absolute Gasteiger partial charge is 0.271 e. The highest BCUT2D eigenvalue weighted by atomic mass is 19.1. The van der Waals surface area contributed by atoms with Gasteiger partial charge in [0.1, 0.15) is 5.82 Å². The summed E-state index contributed by atoms with van der Waals surface area (Å²) in [6.45, 7) is 0. The number of nitrogens with two attached hydrogens (primary N) is 1. The maximum absolute atomic E-state index is 12.9. The van der Waals surface area contributed by atoms with Crippen molar-refractivity contribution in [3.63, 3.8) is 0 Å². The monoisotopic (exact) mass is 248 g/mol. The zero-order valence-electron chi connectivity index (χ0n) is 10.7. The summed E-state index contributed by atoms with van der Waals surface area (Å²) in [5.74, 6) is 5.47. The van der Waals surface area contributed by atoms with Gasteiger partial charge in [-0.1, -0.05) is 36.6 Å². The van der Waals surface area contributed by atoms with E-state index in [1.54, 1.807) is 12.1 Å². The molecule has 3 heteroatoms. The summed E-state index contributed by atoms with van der Waals surface area (Å²) in [7, 11) is 0. The van der Waals surface area contributed by atoms with Crippen LogP contribution in [0.2, 0.25) is 0 Å². The maximum Gasteiger partial charge on any atom is 0.123 e. The van der Waals surface area contributed by atoms with E-state index in [1.165, 1.54) is 43.4 Å². The van der Waals surface area contributed by atoms with Gasteiger partial charge in [-0.3, -0.25) is 5.84 Å². The van der Waals surface area contributed by atoms with Crippen LogP contribution < -0.4 is 11.3 Å². The smallest absolute Gasteiger partial charge is 0.123 e. The van der Waals surface area contributed by atoms with Crippen molar-refractivity contribution in [3.8, 4) is 0 Å². The molecule has 2 nitrogen and oxygen atoms in total. The molecule has 0 amide bonds. The number of halogens is 1. The van der Waals surface area contributed by atoms with Gasteiger partial charge in [0.25, 0.3) is 0 Å². The van der Waals surface area contributed by atoms with Crippen LogP contribution in [-0.2, 0) is 0 Å². The average Bonchev–Trinajstić information content (AvgIpc) is 2.34. The Balaban J connectivity index is 2.18. The predicted octanol–water partition coefficient (Wildman–Crippen LogP) is 3.61. The van der Waals surface area contributed by atoms with Gasteiger partial charge in [-0.15, -0.1) is 0 Å². The molecule has 18 heavy (non-hydrogen) atoms. The van der Waals surface area contributed by atoms with Crippen LogP contribution in [0.15, 0.2) is 35.9 Å². The summed E-state index contributed by atoms with van der Waals surface area (Å²) in [6.07, 6.45) is 9.57. The molecule has 2 rings (SSSR count). The van der Waals surface area contributed by atoms with Crippen molar-refractivity contribution in [1.82, 2.24) is 5.43 Å². The number of rotatable bonds is 3. The van der Waals surface area contributed by atoms with Crippen molar-refractivity contribution < 1.29 is 4.39 Å². The third-order valence-corrected chi connectivity index (χ3v) is 3.57. The Morgan fingerprint density at radius 3 is 2.50 bits per heavy atom. The molecule has 98 valence electrons. The van der Waals surface area contributed by atoms with E-state index in [1.807, 2.05) is 0 Å². The molecular weight excluding hydrogens is 227 g/mol. The molecule has 1 unspecified atom stereocenters. The summed E-state index contributed by atoms with van der Waals surface area (Å²) in [4.78, 5) is 0. The topological polar surface area (TPSA) is 38.0 Å². The van der Waals surface area contributed by atoms with Crippen LogP contribution in [0.1, 0.15) is 50.1 Å². The van der Waals surface area contributed by atoms with Crippen LogP contribution in [0.3, 0.4) is 0 Å². The number of allylic oxidation sites excluding steroid dienone is 1. The van der Waals surface area contributed by atoms with Gasteiger partial charge < -0.3 is 0 Å². The Morgan fingerprint density at radius 1 is 1.06 bits per heavy atom. The fourth-order valence-corrected chi connectivity index (χ4v) is 2.55. The lowest BCUT2D eigenvalue weighted by Gasteiger charge is -2.22. The minimum Gasteiger partial charge on any atom is -0.271 e. The fraction of sp³-hybridized carbons (Fsp3) is 0.467. The summed E-state index contributed by atoms with van der Waals surface area (Å²) in [5, 5.41) is 0. The van der Waals surface area contributed by atoms with E-state index in [0.29, 0.717) is 0 Å². The molecule has 0 aliphatic heterocycles. The first-order chi connectivity index (χ1) is 8.81. The van der Waals surface area contributed by atoms with Gasteiger partial charge in [-0.25, -0.2) is 9.82 Å². The molecule has 1 aromatic rings. The molecule has 0 bridgehead atoms. The van der Waals surface area contributed by atoms with Gasteiger partial charge in [-0.2, -0.15) is 0 Å². The van der Waals surface area contributed by atoms with Crippen molar-refractivity contribution in [1.29, 1.82) is 0 Å². The molecule has 1 aliphatic carbocycles. The lowest BCUT2D eigenvalue weighted by Crippen LogP contribution is -2.29. The minimum absolute atomic E-state index is 0.0173. The normalized spacial score (nSPS) is 21.6. The molecule has 0 saturated heterocycles. The average molecular weight is 248 g/mol. The highest BCUT2D eigenvalue weighted by molar-refractivity contribution is 5.28. The lowest BCUT2D eigenvalue weighted by atomic mass is 9.91. The van der Waals surface area contributed by atoms with E-state index < -0.39 is 0 Å². The maximum atomic E-state index is 12.9. The third kappa shape index (κ3) is 3.40. The van der Waals surface area contributed by atoms with Gasteiger partial charge in [0, 0.05) is 0 Å². The number of hydrogen-bond acceptors (Lipinski definition) is 2. The Labute approximate surface area is 108 Å². The van der Waals surface area contributed by atoms with Crippen LogP contribution >= 0.6 is 0 Å². The second-order valence-corrected chi connectivity index (χ2v) is 4.88. The van der Waals surface area contributed by atoms with Gasteiger partial charge in [0.2, 0.25) is 0 Å². The molecule has 1 aromatic carbocycles. The van der Waals surface area contributed by atoms with E-state index in [0.717, 1.165) is 18.4 Å². The molecule has 0 aromatic heterocycles. The highest BCUT2D eigenvalue weighted by Gasteiger charge is 2.15. The number of nitrogens with one attached hydrogen (secondary N) is 1. The first-order valence-electron chi connectivity index (χ1n) is 6.72. The van der Waals surface area contributed by atoms with Crippen molar-refractivity contribution in [3.05, 3.63) is 47.3 Å². The summed E-state index contributed by atoms with van der Waals surface area (Å²) < 4.78 is 12.9. The van der Waals surface area contributed by atoms with Gasteiger partial charge in [0.05, 0.1) is 6.04 Å². The Bertz CT molecular complexity index is 397. The Morgan fingerprint density at radius 2 is 1.78 bits per heavy atom. The predicted molar refractivity (Wildman–Crippen MR) is 72.2 cm³/mol. The van der Waals surface area contributed by atoms with E-state index in [9.17, 15) is 4.39 Å². The summed E-state index contributed by atoms with van der Waals surface area (Å²) in [5.41, 5.74) is 5.23. The highest BCUT2D eigenvalue weighted by Crippen LogP contribution is 2.28.